The van der Waals surface area contributed by atoms with Crippen LogP contribution in [0.3, 0.4) is 0 Å². The van der Waals surface area contributed by atoms with Gasteiger partial charge >= 0.3 is 0 Å². The molecule has 1 aliphatic carbocycles. The van der Waals surface area contributed by atoms with Crippen molar-refractivity contribution in [2.75, 3.05) is 0 Å². The van der Waals surface area contributed by atoms with Crippen LogP contribution in [0.5, 0.6) is 0 Å². The molecule has 3 aromatic carbocycles. The van der Waals surface area contributed by atoms with E-state index in [0.29, 0.717) is 0 Å². The van der Waals surface area contributed by atoms with E-state index < -0.39 is 0 Å². The van der Waals surface area contributed by atoms with Gasteiger partial charge in [-0.3, -0.25) is 0 Å². The highest BCUT2D eigenvalue weighted by molar-refractivity contribution is 5.93. The second-order valence-electron chi connectivity index (χ2n) is 6.72. The van der Waals surface area contributed by atoms with Crippen LogP contribution in [0, 0.1) is 6.92 Å². The monoisotopic (exact) mass is 284 g/mol. The molecule has 0 saturated heterocycles. The van der Waals surface area contributed by atoms with E-state index in [1.54, 1.807) is 0 Å². The molecule has 0 heteroatoms. The molecule has 0 unspecified atom stereocenters. The highest BCUT2D eigenvalue weighted by Gasteiger charge is 2.37. The fourth-order valence-electron chi connectivity index (χ4n) is 4.03. The van der Waals surface area contributed by atoms with Crippen molar-refractivity contribution in [3.05, 3.63) is 83.4 Å². The maximum absolute atomic E-state index is 2.35. The summed E-state index contributed by atoms with van der Waals surface area (Å²) in [5.41, 5.74) is 9.84. The highest BCUT2D eigenvalue weighted by Crippen LogP contribution is 2.53. The van der Waals surface area contributed by atoms with Crippen molar-refractivity contribution in [2.45, 2.75) is 26.2 Å². The molecule has 0 nitrogen and oxygen atoms in total. The van der Waals surface area contributed by atoms with Crippen LogP contribution < -0.4 is 0 Å². The number of benzene rings is 3. The summed E-state index contributed by atoms with van der Waals surface area (Å²) in [5, 5.41) is 0. The van der Waals surface area contributed by atoms with Gasteiger partial charge in [0, 0.05) is 5.41 Å². The lowest BCUT2D eigenvalue weighted by molar-refractivity contribution is 0.656. The Balaban J connectivity index is 2.12. The predicted octanol–water partition coefficient (Wildman–Crippen LogP) is 5.97. The molecule has 0 atom stereocenters. The van der Waals surface area contributed by atoms with Crippen molar-refractivity contribution in [2.24, 2.45) is 0 Å². The number of aryl methyl sites for hydroxylation is 1. The molecule has 22 heavy (non-hydrogen) atoms. The minimum atomic E-state index is 0.0702. The van der Waals surface area contributed by atoms with E-state index in [4.69, 9.17) is 0 Å². The Morgan fingerprint density at radius 1 is 0.682 bits per heavy atom. The summed E-state index contributed by atoms with van der Waals surface area (Å²) in [6.45, 7) is 6.93. The fraction of sp³-hybridized carbons (Fsp3) is 0.182. The van der Waals surface area contributed by atoms with Crippen molar-refractivity contribution in [3.63, 3.8) is 0 Å². The summed E-state index contributed by atoms with van der Waals surface area (Å²) in [6.07, 6.45) is 0. The first-order valence-corrected chi connectivity index (χ1v) is 7.90. The van der Waals surface area contributed by atoms with Crippen molar-refractivity contribution in [1.82, 2.24) is 0 Å². The Hall–Kier alpha value is -2.34. The summed E-state index contributed by atoms with van der Waals surface area (Å²) < 4.78 is 0. The molecule has 0 fully saturated rings. The Labute approximate surface area is 132 Å². The van der Waals surface area contributed by atoms with E-state index in [9.17, 15) is 0 Å². The molecular weight excluding hydrogens is 264 g/mol. The molecule has 0 N–H and O–H groups in total. The first kappa shape index (κ1) is 13.3. The van der Waals surface area contributed by atoms with Gasteiger partial charge in [0.2, 0.25) is 0 Å². The molecule has 0 amide bonds. The fourth-order valence-corrected chi connectivity index (χ4v) is 4.03. The van der Waals surface area contributed by atoms with Crippen LogP contribution in [0.25, 0.3) is 22.3 Å². The molecular formula is C22H20. The van der Waals surface area contributed by atoms with Gasteiger partial charge in [0.05, 0.1) is 0 Å². The van der Waals surface area contributed by atoms with Crippen LogP contribution in [0.2, 0.25) is 0 Å². The first-order chi connectivity index (χ1) is 10.6. The van der Waals surface area contributed by atoms with E-state index >= 15 is 0 Å². The standard InChI is InChI=1S/C22H20/c1-15-13-14-17(16-9-5-4-6-10-16)20-18-11-7-8-12-19(18)22(2,3)21(15)20/h4-14H,1-3H3. The second-order valence-corrected chi connectivity index (χ2v) is 6.72. The van der Waals surface area contributed by atoms with Crippen LogP contribution in [0.1, 0.15) is 30.5 Å². The van der Waals surface area contributed by atoms with E-state index in [-0.39, 0.29) is 5.41 Å². The summed E-state index contributed by atoms with van der Waals surface area (Å²) in [7, 11) is 0. The van der Waals surface area contributed by atoms with Gasteiger partial charge < -0.3 is 0 Å². The van der Waals surface area contributed by atoms with Crippen LogP contribution in [-0.2, 0) is 5.41 Å². The minimum absolute atomic E-state index is 0.0702. The predicted molar refractivity (Wildman–Crippen MR) is 94.2 cm³/mol. The Morgan fingerprint density at radius 3 is 2.14 bits per heavy atom. The van der Waals surface area contributed by atoms with Crippen LogP contribution >= 0.6 is 0 Å². The van der Waals surface area contributed by atoms with Gasteiger partial charge in [-0.2, -0.15) is 0 Å². The third-order valence-corrected chi connectivity index (χ3v) is 4.99. The van der Waals surface area contributed by atoms with Crippen molar-refractivity contribution < 1.29 is 0 Å². The molecule has 1 aliphatic rings. The van der Waals surface area contributed by atoms with E-state index in [0.717, 1.165) is 0 Å². The minimum Gasteiger partial charge on any atom is -0.0622 e. The average molecular weight is 284 g/mol. The average Bonchev–Trinajstić information content (AvgIpc) is 2.78. The van der Waals surface area contributed by atoms with Gasteiger partial charge in [-0.05, 0) is 45.9 Å². The highest BCUT2D eigenvalue weighted by atomic mass is 14.4. The number of hydrogen-bond donors (Lipinski definition) is 0. The smallest absolute Gasteiger partial charge is 0.0161 e. The summed E-state index contributed by atoms with van der Waals surface area (Å²) >= 11 is 0. The lowest BCUT2D eigenvalue weighted by atomic mass is 9.79. The lowest BCUT2D eigenvalue weighted by Crippen LogP contribution is -2.16. The maximum atomic E-state index is 2.35. The molecule has 0 heterocycles. The summed E-state index contributed by atoms with van der Waals surface area (Å²) in [4.78, 5) is 0. The Morgan fingerprint density at radius 2 is 1.36 bits per heavy atom. The van der Waals surface area contributed by atoms with E-state index in [1.165, 1.54) is 38.9 Å². The van der Waals surface area contributed by atoms with Crippen LogP contribution in [0.15, 0.2) is 66.7 Å². The Bertz CT molecular complexity index is 854. The molecule has 3 aromatic rings. The zero-order valence-corrected chi connectivity index (χ0v) is 13.4. The molecule has 108 valence electrons. The summed E-state index contributed by atoms with van der Waals surface area (Å²) in [5.74, 6) is 0. The largest absolute Gasteiger partial charge is 0.0622 e. The van der Waals surface area contributed by atoms with Gasteiger partial charge in [-0.15, -0.1) is 0 Å². The molecule has 0 aromatic heterocycles. The molecule has 0 saturated carbocycles. The van der Waals surface area contributed by atoms with Crippen molar-refractivity contribution >= 4 is 0 Å². The third-order valence-electron chi connectivity index (χ3n) is 4.99. The quantitative estimate of drug-likeness (QED) is 0.516. The topological polar surface area (TPSA) is 0 Å². The van der Waals surface area contributed by atoms with Crippen molar-refractivity contribution in [1.29, 1.82) is 0 Å². The summed E-state index contributed by atoms with van der Waals surface area (Å²) in [6, 6.07) is 24.1. The van der Waals surface area contributed by atoms with Crippen LogP contribution in [0.4, 0.5) is 0 Å². The van der Waals surface area contributed by atoms with Gasteiger partial charge in [-0.25, -0.2) is 0 Å². The third kappa shape index (κ3) is 1.70. The second kappa shape index (κ2) is 4.58. The number of hydrogen-bond acceptors (Lipinski definition) is 0. The molecule has 0 bridgehead atoms. The molecule has 0 radical (unpaired) electrons. The zero-order valence-electron chi connectivity index (χ0n) is 13.4. The SMILES string of the molecule is Cc1ccc(-c2ccccc2)c2c1C(C)(C)c1ccccc1-2. The molecule has 0 spiro atoms. The number of rotatable bonds is 1. The zero-order chi connectivity index (χ0) is 15.3. The van der Waals surface area contributed by atoms with Gasteiger partial charge in [-0.1, -0.05) is 80.6 Å². The first-order valence-electron chi connectivity index (χ1n) is 7.90. The van der Waals surface area contributed by atoms with Crippen molar-refractivity contribution in [3.8, 4) is 22.3 Å². The van der Waals surface area contributed by atoms with Gasteiger partial charge in [0.1, 0.15) is 0 Å². The Kier molecular flexibility index (Phi) is 2.77. The normalized spacial score (nSPS) is 14.5. The number of fused-ring (bicyclic) bond motifs is 3. The molecule has 0 aliphatic heterocycles. The van der Waals surface area contributed by atoms with Crippen LogP contribution in [-0.4, -0.2) is 0 Å². The maximum Gasteiger partial charge on any atom is 0.0161 e. The van der Waals surface area contributed by atoms with Gasteiger partial charge in [0.15, 0.2) is 0 Å². The van der Waals surface area contributed by atoms with Gasteiger partial charge in [0.25, 0.3) is 0 Å². The van der Waals surface area contributed by atoms with E-state index in [1.807, 2.05) is 0 Å². The lowest BCUT2D eigenvalue weighted by Gasteiger charge is -2.24. The van der Waals surface area contributed by atoms with E-state index in [2.05, 4.69) is 87.5 Å². The molecule has 4 rings (SSSR count).